The van der Waals surface area contributed by atoms with Gasteiger partial charge in [0.1, 0.15) is 0 Å². The molecule has 1 unspecified atom stereocenters. The number of aliphatic hydroxyl groups is 1. The number of nitrogens with one attached hydrogen (secondary N) is 2. The van der Waals surface area contributed by atoms with E-state index in [2.05, 4.69) is 10.6 Å². The molecule has 0 spiro atoms. The molecule has 0 aliphatic carbocycles. The molecule has 0 aliphatic heterocycles. The molecule has 2 amide bonds. The lowest BCUT2D eigenvalue weighted by molar-refractivity contribution is -0.141. The predicted molar refractivity (Wildman–Crippen MR) is 77.3 cm³/mol. The number of amides is 2. The van der Waals surface area contributed by atoms with E-state index >= 15 is 0 Å². The Kier molecular flexibility index (Phi) is 6.25. The first kappa shape index (κ1) is 16.7. The number of rotatable bonds is 7. The molecular formula is C12H17ClN2O4S. The van der Waals surface area contributed by atoms with Crippen molar-refractivity contribution in [2.75, 3.05) is 13.1 Å². The summed E-state index contributed by atoms with van der Waals surface area (Å²) in [6.45, 7) is 1.66. The van der Waals surface area contributed by atoms with E-state index in [4.69, 9.17) is 16.7 Å². The summed E-state index contributed by atoms with van der Waals surface area (Å²) in [5.74, 6) is -1.12. The fourth-order valence-electron chi connectivity index (χ4n) is 1.51. The van der Waals surface area contributed by atoms with E-state index in [1.807, 2.05) is 6.07 Å². The van der Waals surface area contributed by atoms with Crippen LogP contribution in [0.1, 0.15) is 18.2 Å². The predicted octanol–water partition coefficient (Wildman–Crippen LogP) is 1.47. The number of carbonyl (C=O) groups excluding carboxylic acids is 1. The standard InChI is InChI=1S/C12H17ClN2O4S/c1-12(19,6-10(16)17)7-15-11(18)14-5-4-8-2-3-9(13)20-8/h2-3,19H,4-7H2,1H3,(H,16,17)(H2,14,15,18). The average molecular weight is 321 g/mol. The van der Waals surface area contributed by atoms with E-state index in [9.17, 15) is 14.7 Å². The van der Waals surface area contributed by atoms with Gasteiger partial charge in [-0.2, -0.15) is 0 Å². The zero-order chi connectivity index (χ0) is 15.2. The molecular weight excluding hydrogens is 304 g/mol. The van der Waals surface area contributed by atoms with E-state index in [1.54, 1.807) is 6.07 Å². The fraction of sp³-hybridized carbons (Fsp3) is 0.500. The van der Waals surface area contributed by atoms with Crippen molar-refractivity contribution in [2.24, 2.45) is 0 Å². The van der Waals surface area contributed by atoms with Gasteiger partial charge in [-0.25, -0.2) is 4.79 Å². The van der Waals surface area contributed by atoms with Gasteiger partial charge in [0.15, 0.2) is 0 Å². The number of carboxylic acid groups (broad SMARTS) is 1. The van der Waals surface area contributed by atoms with E-state index < -0.39 is 24.0 Å². The molecule has 0 saturated heterocycles. The second kappa shape index (κ2) is 7.47. The number of carbonyl (C=O) groups is 2. The van der Waals surface area contributed by atoms with Crippen LogP contribution >= 0.6 is 22.9 Å². The van der Waals surface area contributed by atoms with E-state index in [0.29, 0.717) is 17.3 Å². The second-order valence-electron chi connectivity index (χ2n) is 4.63. The molecule has 6 nitrogen and oxygen atoms in total. The maximum atomic E-state index is 11.5. The third-order valence-corrected chi connectivity index (χ3v) is 3.74. The molecule has 0 aliphatic rings. The summed E-state index contributed by atoms with van der Waals surface area (Å²) < 4.78 is 0.703. The summed E-state index contributed by atoms with van der Waals surface area (Å²) in [4.78, 5) is 23.0. The van der Waals surface area contributed by atoms with Gasteiger partial charge in [-0.15, -0.1) is 11.3 Å². The molecule has 0 bridgehead atoms. The van der Waals surface area contributed by atoms with Crippen LogP contribution in [0.15, 0.2) is 12.1 Å². The minimum atomic E-state index is -1.47. The minimum absolute atomic E-state index is 0.129. The first-order valence-electron chi connectivity index (χ1n) is 5.98. The van der Waals surface area contributed by atoms with Crippen molar-refractivity contribution >= 4 is 34.9 Å². The van der Waals surface area contributed by atoms with Crippen LogP contribution in [0.2, 0.25) is 4.34 Å². The number of aliphatic carboxylic acids is 1. The smallest absolute Gasteiger partial charge is 0.314 e. The highest BCUT2D eigenvalue weighted by Gasteiger charge is 2.24. The zero-order valence-corrected chi connectivity index (χ0v) is 12.6. The van der Waals surface area contributed by atoms with E-state index in [1.165, 1.54) is 18.3 Å². The Morgan fingerprint density at radius 3 is 2.65 bits per heavy atom. The van der Waals surface area contributed by atoms with Gasteiger partial charge < -0.3 is 20.8 Å². The van der Waals surface area contributed by atoms with Crippen molar-refractivity contribution in [3.63, 3.8) is 0 Å². The van der Waals surface area contributed by atoms with Gasteiger partial charge in [-0.3, -0.25) is 4.79 Å². The number of halogens is 1. The van der Waals surface area contributed by atoms with Crippen LogP contribution in [-0.4, -0.2) is 40.9 Å². The van der Waals surface area contributed by atoms with Crippen LogP contribution in [0.3, 0.4) is 0 Å². The fourth-order valence-corrected chi connectivity index (χ4v) is 2.59. The van der Waals surface area contributed by atoms with Crippen LogP contribution < -0.4 is 10.6 Å². The number of carboxylic acids is 1. The van der Waals surface area contributed by atoms with Crippen LogP contribution in [0.4, 0.5) is 4.79 Å². The molecule has 0 saturated carbocycles. The lowest BCUT2D eigenvalue weighted by Crippen LogP contribution is -2.46. The molecule has 1 aromatic heterocycles. The van der Waals surface area contributed by atoms with Crippen LogP contribution in [0, 0.1) is 0 Å². The normalized spacial score (nSPS) is 13.6. The van der Waals surface area contributed by atoms with Crippen molar-refractivity contribution in [1.29, 1.82) is 0 Å². The highest BCUT2D eigenvalue weighted by molar-refractivity contribution is 7.16. The quantitative estimate of drug-likeness (QED) is 0.611. The molecule has 0 aromatic carbocycles. The lowest BCUT2D eigenvalue weighted by Gasteiger charge is -2.21. The number of urea groups is 1. The molecule has 0 fully saturated rings. The van der Waals surface area contributed by atoms with Gasteiger partial charge in [0.25, 0.3) is 0 Å². The van der Waals surface area contributed by atoms with Crippen molar-refractivity contribution in [1.82, 2.24) is 10.6 Å². The molecule has 1 heterocycles. The minimum Gasteiger partial charge on any atom is -0.481 e. The van der Waals surface area contributed by atoms with Crippen molar-refractivity contribution in [2.45, 2.75) is 25.4 Å². The summed E-state index contributed by atoms with van der Waals surface area (Å²) in [5.41, 5.74) is -1.47. The maximum absolute atomic E-state index is 11.5. The third-order valence-electron chi connectivity index (χ3n) is 2.45. The van der Waals surface area contributed by atoms with Crippen molar-refractivity contribution < 1.29 is 19.8 Å². The maximum Gasteiger partial charge on any atom is 0.314 e. The second-order valence-corrected chi connectivity index (χ2v) is 6.43. The van der Waals surface area contributed by atoms with Crippen molar-refractivity contribution in [3.8, 4) is 0 Å². The number of thiophene rings is 1. The Hall–Kier alpha value is -1.31. The summed E-state index contributed by atoms with van der Waals surface area (Å²) >= 11 is 7.24. The van der Waals surface area contributed by atoms with Crippen molar-refractivity contribution in [3.05, 3.63) is 21.3 Å². The van der Waals surface area contributed by atoms with Gasteiger partial charge in [0.05, 0.1) is 16.4 Å². The monoisotopic (exact) mass is 320 g/mol. The Morgan fingerprint density at radius 1 is 1.40 bits per heavy atom. The largest absolute Gasteiger partial charge is 0.481 e. The molecule has 1 atom stereocenters. The van der Waals surface area contributed by atoms with Gasteiger partial charge in [-0.1, -0.05) is 11.6 Å². The Bertz CT molecular complexity index is 476. The summed E-state index contributed by atoms with van der Waals surface area (Å²) in [5, 5.41) is 23.3. The highest BCUT2D eigenvalue weighted by atomic mass is 35.5. The molecule has 1 rings (SSSR count). The molecule has 112 valence electrons. The van der Waals surface area contributed by atoms with Gasteiger partial charge >= 0.3 is 12.0 Å². The van der Waals surface area contributed by atoms with Gasteiger partial charge in [-0.05, 0) is 25.5 Å². The molecule has 20 heavy (non-hydrogen) atoms. The average Bonchev–Trinajstić information content (AvgIpc) is 2.71. The topological polar surface area (TPSA) is 98.7 Å². The van der Waals surface area contributed by atoms with Gasteiger partial charge in [0.2, 0.25) is 0 Å². The highest BCUT2D eigenvalue weighted by Crippen LogP contribution is 2.21. The summed E-state index contributed by atoms with van der Waals surface area (Å²) in [6, 6.07) is 3.24. The Morgan fingerprint density at radius 2 is 2.10 bits per heavy atom. The first-order valence-corrected chi connectivity index (χ1v) is 7.18. The summed E-state index contributed by atoms with van der Waals surface area (Å²) in [6.07, 6.45) is 0.233. The number of hydrogen-bond acceptors (Lipinski definition) is 4. The first-order chi connectivity index (χ1) is 9.28. The number of hydrogen-bond donors (Lipinski definition) is 4. The Balaban J connectivity index is 2.22. The van der Waals surface area contributed by atoms with E-state index in [0.717, 1.165) is 4.88 Å². The molecule has 1 aromatic rings. The SMILES string of the molecule is CC(O)(CNC(=O)NCCc1ccc(Cl)s1)CC(=O)O. The third kappa shape index (κ3) is 6.74. The molecule has 0 radical (unpaired) electrons. The van der Waals surface area contributed by atoms with Crippen LogP contribution in [-0.2, 0) is 11.2 Å². The van der Waals surface area contributed by atoms with Gasteiger partial charge in [0, 0.05) is 18.0 Å². The molecule has 8 heteroatoms. The Labute approximate surface area is 125 Å². The van der Waals surface area contributed by atoms with Crippen LogP contribution in [0.5, 0.6) is 0 Å². The van der Waals surface area contributed by atoms with Crippen LogP contribution in [0.25, 0.3) is 0 Å². The lowest BCUT2D eigenvalue weighted by atomic mass is 10.0. The summed E-state index contributed by atoms with van der Waals surface area (Å²) in [7, 11) is 0. The van der Waals surface area contributed by atoms with E-state index in [-0.39, 0.29) is 6.54 Å². The molecule has 4 N–H and O–H groups in total. The zero-order valence-electron chi connectivity index (χ0n) is 11.0.